The first-order valence-corrected chi connectivity index (χ1v) is 7.12. The van der Waals surface area contributed by atoms with Gasteiger partial charge in [0.2, 0.25) is 0 Å². The van der Waals surface area contributed by atoms with Crippen LogP contribution in [0.15, 0.2) is 18.2 Å². The molecule has 19 heavy (non-hydrogen) atoms. The van der Waals surface area contributed by atoms with Crippen LogP contribution < -0.4 is 5.32 Å². The Morgan fingerprint density at radius 2 is 2.00 bits per heavy atom. The van der Waals surface area contributed by atoms with E-state index < -0.39 is 0 Å². The molecule has 0 spiro atoms. The van der Waals surface area contributed by atoms with Gasteiger partial charge in [-0.3, -0.25) is 4.79 Å². The molecule has 0 aliphatic carbocycles. The third-order valence-corrected chi connectivity index (χ3v) is 3.33. The summed E-state index contributed by atoms with van der Waals surface area (Å²) in [6.07, 6.45) is 2.96. The number of anilines is 1. The van der Waals surface area contributed by atoms with Gasteiger partial charge in [0.05, 0.1) is 0 Å². The second-order valence-corrected chi connectivity index (χ2v) is 4.72. The minimum atomic E-state index is -0.00570. The molecule has 0 aliphatic heterocycles. The standard InChI is InChI=1S/C15H25N3O/c1-5-11-16-14-10-8-9-13(17-14)15(19)18(4)12(6-2)7-3/h8-10,12H,5-7,11H2,1-4H3,(H,16,17). The van der Waals surface area contributed by atoms with Crippen molar-refractivity contribution in [1.29, 1.82) is 0 Å². The van der Waals surface area contributed by atoms with Crippen molar-refractivity contribution in [3.05, 3.63) is 23.9 Å². The Bertz CT molecular complexity index is 402. The molecule has 106 valence electrons. The summed E-state index contributed by atoms with van der Waals surface area (Å²) in [6.45, 7) is 7.17. The fraction of sp³-hybridized carbons (Fsp3) is 0.600. The quantitative estimate of drug-likeness (QED) is 0.822. The van der Waals surface area contributed by atoms with Gasteiger partial charge in [-0.1, -0.05) is 26.8 Å². The summed E-state index contributed by atoms with van der Waals surface area (Å²) in [5, 5.41) is 3.20. The summed E-state index contributed by atoms with van der Waals surface area (Å²) in [5.41, 5.74) is 0.510. The molecule has 1 heterocycles. The van der Waals surface area contributed by atoms with Gasteiger partial charge < -0.3 is 10.2 Å². The molecule has 0 aromatic carbocycles. The number of carbonyl (C=O) groups is 1. The molecule has 1 rings (SSSR count). The van der Waals surface area contributed by atoms with E-state index >= 15 is 0 Å². The third kappa shape index (κ3) is 4.23. The number of pyridine rings is 1. The van der Waals surface area contributed by atoms with E-state index in [-0.39, 0.29) is 11.9 Å². The van der Waals surface area contributed by atoms with Crippen LogP contribution in [0.25, 0.3) is 0 Å². The van der Waals surface area contributed by atoms with Gasteiger partial charge in [0.1, 0.15) is 11.5 Å². The molecule has 1 aromatic rings. The zero-order chi connectivity index (χ0) is 14.3. The number of hydrogen-bond acceptors (Lipinski definition) is 3. The van der Waals surface area contributed by atoms with Crippen LogP contribution in [-0.2, 0) is 0 Å². The number of nitrogens with zero attached hydrogens (tertiary/aromatic N) is 2. The SMILES string of the molecule is CCCNc1cccc(C(=O)N(C)C(CC)CC)n1. The van der Waals surface area contributed by atoms with Crippen molar-refractivity contribution in [2.75, 3.05) is 18.9 Å². The maximum atomic E-state index is 12.4. The molecule has 0 bridgehead atoms. The second kappa shape index (κ2) is 7.77. The molecular weight excluding hydrogens is 238 g/mol. The van der Waals surface area contributed by atoms with Crippen molar-refractivity contribution in [3.63, 3.8) is 0 Å². The second-order valence-electron chi connectivity index (χ2n) is 4.72. The molecule has 0 fully saturated rings. The van der Waals surface area contributed by atoms with E-state index in [1.807, 2.05) is 19.2 Å². The molecule has 0 atom stereocenters. The van der Waals surface area contributed by atoms with E-state index in [4.69, 9.17) is 0 Å². The Morgan fingerprint density at radius 1 is 1.32 bits per heavy atom. The summed E-state index contributed by atoms with van der Waals surface area (Å²) in [6, 6.07) is 5.82. The summed E-state index contributed by atoms with van der Waals surface area (Å²) in [4.78, 5) is 18.5. The highest BCUT2D eigenvalue weighted by Gasteiger charge is 2.19. The van der Waals surface area contributed by atoms with Crippen LogP contribution in [0.1, 0.15) is 50.5 Å². The molecule has 0 saturated carbocycles. The minimum Gasteiger partial charge on any atom is -0.370 e. The largest absolute Gasteiger partial charge is 0.370 e. The Labute approximate surface area is 116 Å². The first kappa shape index (κ1) is 15.5. The third-order valence-electron chi connectivity index (χ3n) is 3.33. The Balaban J connectivity index is 2.81. The van der Waals surface area contributed by atoms with Crippen molar-refractivity contribution in [1.82, 2.24) is 9.88 Å². The predicted octanol–water partition coefficient (Wildman–Crippen LogP) is 3.16. The summed E-state index contributed by atoms with van der Waals surface area (Å²) in [7, 11) is 1.85. The molecule has 0 aliphatic rings. The van der Waals surface area contributed by atoms with Gasteiger partial charge in [-0.05, 0) is 31.4 Å². The van der Waals surface area contributed by atoms with Gasteiger partial charge in [-0.15, -0.1) is 0 Å². The number of hydrogen-bond donors (Lipinski definition) is 1. The van der Waals surface area contributed by atoms with E-state index in [1.165, 1.54) is 0 Å². The highest BCUT2D eigenvalue weighted by molar-refractivity contribution is 5.92. The lowest BCUT2D eigenvalue weighted by molar-refractivity contribution is 0.0718. The number of nitrogens with one attached hydrogen (secondary N) is 1. The summed E-state index contributed by atoms with van der Waals surface area (Å²) < 4.78 is 0. The van der Waals surface area contributed by atoms with Crippen molar-refractivity contribution in [2.45, 2.75) is 46.1 Å². The smallest absolute Gasteiger partial charge is 0.272 e. The summed E-state index contributed by atoms with van der Waals surface area (Å²) in [5.74, 6) is 0.763. The number of carbonyl (C=O) groups excluding carboxylic acids is 1. The van der Waals surface area contributed by atoms with Gasteiger partial charge in [0, 0.05) is 19.6 Å². The fourth-order valence-corrected chi connectivity index (χ4v) is 2.09. The lowest BCUT2D eigenvalue weighted by Gasteiger charge is -2.26. The van der Waals surface area contributed by atoms with Crippen molar-refractivity contribution in [3.8, 4) is 0 Å². The minimum absolute atomic E-state index is 0.00570. The van der Waals surface area contributed by atoms with Crippen LogP contribution in [-0.4, -0.2) is 35.4 Å². The lowest BCUT2D eigenvalue weighted by atomic mass is 10.1. The molecule has 4 heteroatoms. The zero-order valence-electron chi connectivity index (χ0n) is 12.4. The van der Waals surface area contributed by atoms with Gasteiger partial charge in [-0.25, -0.2) is 4.98 Å². The molecule has 0 unspecified atom stereocenters. The van der Waals surface area contributed by atoms with E-state index in [1.54, 1.807) is 11.0 Å². The molecule has 1 aromatic heterocycles. The monoisotopic (exact) mass is 263 g/mol. The van der Waals surface area contributed by atoms with E-state index in [9.17, 15) is 4.79 Å². The average molecular weight is 263 g/mol. The van der Waals surface area contributed by atoms with Crippen LogP contribution in [0.5, 0.6) is 0 Å². The van der Waals surface area contributed by atoms with Crippen LogP contribution in [0.4, 0.5) is 5.82 Å². The Hall–Kier alpha value is -1.58. The summed E-state index contributed by atoms with van der Waals surface area (Å²) >= 11 is 0. The van der Waals surface area contributed by atoms with Gasteiger partial charge in [0.25, 0.3) is 5.91 Å². The topological polar surface area (TPSA) is 45.2 Å². The highest BCUT2D eigenvalue weighted by atomic mass is 16.2. The maximum Gasteiger partial charge on any atom is 0.272 e. The zero-order valence-corrected chi connectivity index (χ0v) is 12.4. The van der Waals surface area contributed by atoms with E-state index in [0.717, 1.165) is 31.6 Å². The highest BCUT2D eigenvalue weighted by Crippen LogP contribution is 2.12. The molecular formula is C15H25N3O. The number of amides is 1. The van der Waals surface area contributed by atoms with Crippen LogP contribution in [0.3, 0.4) is 0 Å². The molecule has 1 amide bonds. The first-order valence-electron chi connectivity index (χ1n) is 7.12. The van der Waals surface area contributed by atoms with Crippen LogP contribution in [0, 0.1) is 0 Å². The average Bonchev–Trinajstić information content (AvgIpc) is 2.45. The Kier molecular flexibility index (Phi) is 6.33. The maximum absolute atomic E-state index is 12.4. The van der Waals surface area contributed by atoms with Crippen LogP contribution >= 0.6 is 0 Å². The van der Waals surface area contributed by atoms with Gasteiger partial charge in [-0.2, -0.15) is 0 Å². The molecule has 0 saturated heterocycles. The van der Waals surface area contributed by atoms with Gasteiger partial charge >= 0.3 is 0 Å². The van der Waals surface area contributed by atoms with Crippen molar-refractivity contribution >= 4 is 11.7 Å². The first-order chi connectivity index (χ1) is 9.13. The van der Waals surface area contributed by atoms with Crippen molar-refractivity contribution in [2.24, 2.45) is 0 Å². The normalized spacial score (nSPS) is 10.6. The van der Waals surface area contributed by atoms with E-state index in [2.05, 4.69) is 31.1 Å². The fourth-order valence-electron chi connectivity index (χ4n) is 2.09. The van der Waals surface area contributed by atoms with E-state index in [0.29, 0.717) is 5.69 Å². The number of aromatic nitrogens is 1. The molecule has 0 radical (unpaired) electrons. The lowest BCUT2D eigenvalue weighted by Crippen LogP contribution is -2.36. The molecule has 1 N–H and O–H groups in total. The van der Waals surface area contributed by atoms with Gasteiger partial charge in [0.15, 0.2) is 0 Å². The predicted molar refractivity (Wildman–Crippen MR) is 79.5 cm³/mol. The Morgan fingerprint density at radius 3 is 2.58 bits per heavy atom. The van der Waals surface area contributed by atoms with Crippen molar-refractivity contribution < 1.29 is 4.79 Å². The van der Waals surface area contributed by atoms with Crippen LogP contribution in [0.2, 0.25) is 0 Å². The number of rotatable bonds is 7. The molecule has 4 nitrogen and oxygen atoms in total.